The number of nitrogens with zero attached hydrogens (tertiary/aromatic N) is 2. The second-order valence-electron chi connectivity index (χ2n) is 6.63. The number of fused-ring (bicyclic) bond motifs is 1. The van der Waals surface area contributed by atoms with Gasteiger partial charge in [0, 0.05) is 48.2 Å². The van der Waals surface area contributed by atoms with Crippen molar-refractivity contribution < 1.29 is 18.7 Å². The average molecular weight is 380 g/mol. The van der Waals surface area contributed by atoms with Gasteiger partial charge in [-0.05, 0) is 24.6 Å². The highest BCUT2D eigenvalue weighted by atomic mass is 32.2. The van der Waals surface area contributed by atoms with Gasteiger partial charge in [0.1, 0.15) is 11.6 Å². The van der Waals surface area contributed by atoms with Crippen LogP contribution in [-0.2, 0) is 13.1 Å². The van der Waals surface area contributed by atoms with Crippen molar-refractivity contribution in [2.75, 3.05) is 5.75 Å². The third kappa shape index (κ3) is 3.28. The van der Waals surface area contributed by atoms with Crippen molar-refractivity contribution in [3.05, 3.63) is 52.9 Å². The van der Waals surface area contributed by atoms with Crippen LogP contribution in [0.5, 0.6) is 0 Å². The van der Waals surface area contributed by atoms with E-state index in [-0.39, 0.29) is 11.6 Å². The summed E-state index contributed by atoms with van der Waals surface area (Å²) in [5.74, 6) is -0.323. The first kappa shape index (κ1) is 17.3. The summed E-state index contributed by atoms with van der Waals surface area (Å²) in [6, 6.07) is 2.96. The highest BCUT2D eigenvalue weighted by molar-refractivity contribution is 7.99. The third-order valence-corrected chi connectivity index (χ3v) is 6.50. The van der Waals surface area contributed by atoms with Crippen molar-refractivity contribution in [3.8, 4) is 0 Å². The molecule has 1 unspecified atom stereocenters. The lowest BCUT2D eigenvalue weighted by molar-refractivity contribution is 0.167. The fourth-order valence-corrected chi connectivity index (χ4v) is 5.29. The number of carbonyl (C=O) groups is 1. The molecule has 2 aliphatic heterocycles. The molecule has 6 nitrogen and oxygen atoms in total. The highest BCUT2D eigenvalue weighted by Gasteiger charge is 2.38. The number of aromatic nitrogens is 2. The fraction of sp³-hybridized carbons (Fsp3) is 0.412. The third-order valence-electron chi connectivity index (χ3n) is 4.98. The number of hydrogen-bond acceptors (Lipinski definition) is 4. The smallest absolute Gasteiger partial charge is 0.404 e. The van der Waals surface area contributed by atoms with E-state index in [4.69, 9.17) is 0 Å². The average Bonchev–Trinajstić information content (AvgIpc) is 3.18. The van der Waals surface area contributed by atoms with Crippen LogP contribution in [0.3, 0.4) is 0 Å². The molecule has 0 radical (unpaired) electrons. The molecular formula is C17H18F2N4O2S. The van der Waals surface area contributed by atoms with Gasteiger partial charge < -0.3 is 10.4 Å². The second-order valence-corrected chi connectivity index (χ2v) is 7.80. The minimum Gasteiger partial charge on any atom is -0.465 e. The van der Waals surface area contributed by atoms with Crippen molar-refractivity contribution in [1.29, 1.82) is 0 Å². The molecule has 0 spiro atoms. The van der Waals surface area contributed by atoms with E-state index in [1.807, 2.05) is 6.20 Å². The molecule has 138 valence electrons. The molecular weight excluding hydrogens is 362 g/mol. The second kappa shape index (κ2) is 6.88. The topological polar surface area (TPSA) is 81.2 Å². The molecule has 1 saturated heterocycles. The monoisotopic (exact) mass is 380 g/mol. The molecule has 4 rings (SSSR count). The first-order valence-corrected chi connectivity index (χ1v) is 9.37. The van der Waals surface area contributed by atoms with Gasteiger partial charge in [-0.15, -0.1) is 11.8 Å². The van der Waals surface area contributed by atoms with Crippen LogP contribution in [0.1, 0.15) is 28.5 Å². The summed E-state index contributed by atoms with van der Waals surface area (Å²) in [4.78, 5) is 13.5. The number of hydrogen-bond donors (Lipinski definition) is 3. The molecule has 1 amide bonds. The molecule has 1 fully saturated rings. The summed E-state index contributed by atoms with van der Waals surface area (Å²) in [6.45, 7) is 1.47. The zero-order valence-electron chi connectivity index (χ0n) is 13.8. The number of carboxylic acid groups (broad SMARTS) is 1. The molecule has 9 heteroatoms. The molecule has 3 N–H and O–H groups in total. The van der Waals surface area contributed by atoms with Gasteiger partial charge in [-0.1, -0.05) is 0 Å². The van der Waals surface area contributed by atoms with Crippen LogP contribution in [0.15, 0.2) is 24.4 Å². The standard InChI is InChI=1S/C17H18F2N4O2S/c18-10-1-2-13(19)12(3-10)16-14(21-17(24)25)4-11(8-26-16)23-6-9-5-20-22-15(9)7-23/h1-3,5,11,14,16,21H,4,6-8H2,(H,20,22)(H,24,25)/t11-,14+,16?/m1/s1. The SMILES string of the molecule is O=C(O)N[C@H]1C[C@@H](N2Cc3c[nH]nc3C2)CSC1c1cc(F)ccc1F. The summed E-state index contributed by atoms with van der Waals surface area (Å²) < 4.78 is 27.8. The van der Waals surface area contributed by atoms with Crippen LogP contribution < -0.4 is 5.32 Å². The highest BCUT2D eigenvalue weighted by Crippen LogP contribution is 2.42. The summed E-state index contributed by atoms with van der Waals surface area (Å²) in [6.07, 6.45) is 1.25. The molecule has 2 aliphatic rings. The first-order chi connectivity index (χ1) is 12.5. The molecule has 0 aliphatic carbocycles. The van der Waals surface area contributed by atoms with Crippen molar-refractivity contribution >= 4 is 17.9 Å². The van der Waals surface area contributed by atoms with Gasteiger partial charge in [-0.3, -0.25) is 10.00 Å². The molecule has 1 aromatic heterocycles. The van der Waals surface area contributed by atoms with Crippen LogP contribution in [0.2, 0.25) is 0 Å². The predicted octanol–water partition coefficient (Wildman–Crippen LogP) is 2.89. The fourth-order valence-electron chi connectivity index (χ4n) is 3.74. The molecule has 3 atom stereocenters. The lowest BCUT2D eigenvalue weighted by Gasteiger charge is -2.39. The van der Waals surface area contributed by atoms with E-state index >= 15 is 0 Å². The molecule has 1 aromatic carbocycles. The van der Waals surface area contributed by atoms with E-state index in [0.717, 1.165) is 36.0 Å². The van der Waals surface area contributed by atoms with Crippen LogP contribution in [-0.4, -0.2) is 44.1 Å². The van der Waals surface area contributed by atoms with Crippen LogP contribution in [0, 0.1) is 11.6 Å². The lowest BCUT2D eigenvalue weighted by Crippen LogP contribution is -2.48. The largest absolute Gasteiger partial charge is 0.465 e. The van der Waals surface area contributed by atoms with Crippen LogP contribution in [0.25, 0.3) is 0 Å². The Morgan fingerprint density at radius 2 is 2.23 bits per heavy atom. The number of H-pyrrole nitrogens is 1. The predicted molar refractivity (Wildman–Crippen MR) is 92.7 cm³/mol. The number of thioether (sulfide) groups is 1. The van der Waals surface area contributed by atoms with Crippen molar-refractivity contribution in [3.63, 3.8) is 0 Å². The summed E-state index contributed by atoms with van der Waals surface area (Å²) in [7, 11) is 0. The van der Waals surface area contributed by atoms with Gasteiger partial charge in [0.25, 0.3) is 0 Å². The minimum absolute atomic E-state index is 0.138. The Morgan fingerprint density at radius 1 is 1.38 bits per heavy atom. The number of amides is 1. The molecule has 26 heavy (non-hydrogen) atoms. The zero-order chi connectivity index (χ0) is 18.3. The van der Waals surface area contributed by atoms with Gasteiger partial charge in [-0.25, -0.2) is 13.6 Å². The molecule has 0 bridgehead atoms. The van der Waals surface area contributed by atoms with Gasteiger partial charge in [0.2, 0.25) is 0 Å². The summed E-state index contributed by atoms with van der Waals surface area (Å²) in [5, 5.41) is 18.3. The van der Waals surface area contributed by atoms with Gasteiger partial charge in [0.05, 0.1) is 10.9 Å². The Balaban J connectivity index is 1.54. The Hall–Kier alpha value is -2.13. The van der Waals surface area contributed by atoms with E-state index in [1.54, 1.807) is 0 Å². The maximum Gasteiger partial charge on any atom is 0.404 e. The van der Waals surface area contributed by atoms with Crippen LogP contribution in [0.4, 0.5) is 13.6 Å². The molecule has 3 heterocycles. The van der Waals surface area contributed by atoms with Crippen molar-refractivity contribution in [2.24, 2.45) is 0 Å². The van der Waals surface area contributed by atoms with E-state index in [1.165, 1.54) is 11.8 Å². The summed E-state index contributed by atoms with van der Waals surface area (Å²) in [5.41, 5.74) is 2.37. The van der Waals surface area contributed by atoms with Crippen molar-refractivity contribution in [1.82, 2.24) is 20.4 Å². The number of halogens is 2. The van der Waals surface area contributed by atoms with E-state index in [0.29, 0.717) is 18.7 Å². The number of aromatic amines is 1. The van der Waals surface area contributed by atoms with Crippen LogP contribution >= 0.6 is 11.8 Å². The zero-order valence-corrected chi connectivity index (χ0v) is 14.6. The van der Waals surface area contributed by atoms with E-state index in [9.17, 15) is 18.7 Å². The van der Waals surface area contributed by atoms with Crippen molar-refractivity contribution in [2.45, 2.75) is 36.8 Å². The van der Waals surface area contributed by atoms with Gasteiger partial charge in [0.15, 0.2) is 0 Å². The number of rotatable bonds is 3. The lowest BCUT2D eigenvalue weighted by atomic mass is 9.97. The van der Waals surface area contributed by atoms with E-state index < -0.39 is 29.0 Å². The van der Waals surface area contributed by atoms with E-state index in [2.05, 4.69) is 20.4 Å². The maximum atomic E-state index is 14.2. The van der Waals surface area contributed by atoms with Gasteiger partial charge in [-0.2, -0.15) is 5.10 Å². The summed E-state index contributed by atoms with van der Waals surface area (Å²) >= 11 is 1.46. The van der Waals surface area contributed by atoms with Gasteiger partial charge >= 0.3 is 6.09 Å². The normalized spacial score (nSPS) is 25.8. The maximum absolute atomic E-state index is 14.2. The Labute approximate surface area is 153 Å². The Kier molecular flexibility index (Phi) is 4.58. The Morgan fingerprint density at radius 3 is 3.00 bits per heavy atom. The molecule has 2 aromatic rings. The molecule has 0 saturated carbocycles. The first-order valence-electron chi connectivity index (χ1n) is 8.33. The quantitative estimate of drug-likeness (QED) is 0.763. The number of benzene rings is 1. The minimum atomic E-state index is -1.16. The number of nitrogens with one attached hydrogen (secondary N) is 2. The Bertz CT molecular complexity index is 810.